The molecule has 9 heteroatoms. The summed E-state index contributed by atoms with van der Waals surface area (Å²) in [7, 11) is 1.28. The van der Waals surface area contributed by atoms with Gasteiger partial charge in [-0.1, -0.05) is 6.07 Å². The van der Waals surface area contributed by atoms with E-state index >= 15 is 0 Å². The molecule has 0 spiro atoms. The van der Waals surface area contributed by atoms with E-state index in [4.69, 9.17) is 14.2 Å². The van der Waals surface area contributed by atoms with Crippen LogP contribution in [-0.2, 0) is 14.3 Å². The van der Waals surface area contributed by atoms with Crippen LogP contribution in [0.25, 0.3) is 0 Å². The van der Waals surface area contributed by atoms with Crippen molar-refractivity contribution in [2.24, 2.45) is 0 Å². The first-order chi connectivity index (χ1) is 14.4. The Morgan fingerprint density at radius 1 is 1.10 bits per heavy atom. The zero-order chi connectivity index (χ0) is 22.3. The van der Waals surface area contributed by atoms with Crippen LogP contribution in [0.3, 0.4) is 0 Å². The second-order valence-electron chi connectivity index (χ2n) is 6.56. The lowest BCUT2D eigenvalue weighted by Gasteiger charge is -2.28. The number of esters is 1. The number of hydrogen-bond donors (Lipinski definition) is 2. The number of rotatable bonds is 9. The van der Waals surface area contributed by atoms with Gasteiger partial charge in [-0.15, -0.1) is 0 Å². The molecule has 0 bridgehead atoms. The molecule has 0 fully saturated rings. The zero-order valence-corrected chi connectivity index (χ0v) is 18.0. The van der Waals surface area contributed by atoms with E-state index in [1.807, 2.05) is 20.8 Å². The molecule has 3 amide bonds. The minimum atomic E-state index is -0.711. The van der Waals surface area contributed by atoms with E-state index in [-0.39, 0.29) is 12.5 Å². The van der Waals surface area contributed by atoms with Gasteiger partial charge in [0.05, 0.1) is 25.3 Å². The lowest BCUT2D eigenvalue weighted by Crippen LogP contribution is -2.45. The molecule has 1 aliphatic rings. The van der Waals surface area contributed by atoms with E-state index in [0.717, 1.165) is 0 Å². The first kappa shape index (κ1) is 23.1. The quantitative estimate of drug-likeness (QED) is 0.594. The Kier molecular flexibility index (Phi) is 8.08. The van der Waals surface area contributed by atoms with Crippen LogP contribution in [0.5, 0.6) is 11.5 Å². The maximum absolute atomic E-state index is 12.3. The van der Waals surface area contributed by atoms with Gasteiger partial charge >= 0.3 is 12.0 Å². The fraction of sp³-hybridized carbons (Fsp3) is 0.476. The van der Waals surface area contributed by atoms with Gasteiger partial charge in [0.25, 0.3) is 5.91 Å². The van der Waals surface area contributed by atoms with Gasteiger partial charge in [-0.2, -0.15) is 0 Å². The molecule has 164 valence electrons. The van der Waals surface area contributed by atoms with Crippen molar-refractivity contribution in [3.05, 3.63) is 35.0 Å². The highest BCUT2D eigenvalue weighted by molar-refractivity contribution is 5.95. The Balaban J connectivity index is 2.33. The average Bonchev–Trinajstić information content (AvgIpc) is 2.72. The molecule has 0 radical (unpaired) electrons. The van der Waals surface area contributed by atoms with Crippen molar-refractivity contribution < 1.29 is 28.6 Å². The molecule has 0 saturated carbocycles. The molecular weight excluding hydrogens is 390 g/mol. The smallest absolute Gasteiger partial charge is 0.337 e. The van der Waals surface area contributed by atoms with Gasteiger partial charge < -0.3 is 29.7 Å². The third kappa shape index (κ3) is 5.22. The van der Waals surface area contributed by atoms with Crippen LogP contribution in [0.4, 0.5) is 4.79 Å². The number of nitrogens with one attached hydrogen (secondary N) is 2. The molecule has 0 aliphatic carbocycles. The number of benzene rings is 1. The fourth-order valence-corrected chi connectivity index (χ4v) is 3.22. The first-order valence-corrected chi connectivity index (χ1v) is 9.90. The Labute approximate surface area is 176 Å². The molecule has 2 N–H and O–H groups in total. The van der Waals surface area contributed by atoms with Gasteiger partial charge in [0.1, 0.15) is 0 Å². The molecular formula is C21H29N3O6. The Bertz CT molecular complexity index is 832. The topological polar surface area (TPSA) is 106 Å². The number of urea groups is 1. The third-order valence-electron chi connectivity index (χ3n) is 4.74. The molecule has 30 heavy (non-hydrogen) atoms. The molecule has 1 aliphatic heterocycles. The summed E-state index contributed by atoms with van der Waals surface area (Å²) >= 11 is 0. The van der Waals surface area contributed by atoms with Crippen molar-refractivity contribution in [3.8, 4) is 11.5 Å². The van der Waals surface area contributed by atoms with E-state index in [1.165, 1.54) is 7.11 Å². The highest BCUT2D eigenvalue weighted by Crippen LogP contribution is 2.34. The monoisotopic (exact) mass is 419 g/mol. The van der Waals surface area contributed by atoms with E-state index in [0.29, 0.717) is 48.0 Å². The van der Waals surface area contributed by atoms with E-state index in [9.17, 15) is 14.4 Å². The molecule has 1 aromatic carbocycles. The summed E-state index contributed by atoms with van der Waals surface area (Å²) in [6.07, 6.45) is 0. The standard InChI is InChI=1S/C21H29N3O6/c1-6-24(7-2)17(25)12-30-15-10-9-14(11-16(15)29-8-3)19-18(20(26)28-5)13(4)22-21(27)23-19/h9-11,19H,6-8,12H2,1-5H3,(H2,22,23,27). The predicted molar refractivity (Wildman–Crippen MR) is 110 cm³/mol. The van der Waals surface area contributed by atoms with Crippen molar-refractivity contribution in [3.63, 3.8) is 0 Å². The van der Waals surface area contributed by atoms with Gasteiger partial charge in [-0.25, -0.2) is 9.59 Å². The number of ether oxygens (including phenoxy) is 3. The van der Waals surface area contributed by atoms with E-state index in [1.54, 1.807) is 30.0 Å². The summed E-state index contributed by atoms with van der Waals surface area (Å²) in [5.74, 6) is 0.149. The molecule has 1 aromatic rings. The number of nitrogens with zero attached hydrogens (tertiary/aromatic N) is 1. The molecule has 9 nitrogen and oxygen atoms in total. The van der Waals surface area contributed by atoms with Gasteiger partial charge in [0, 0.05) is 18.8 Å². The van der Waals surface area contributed by atoms with Crippen LogP contribution >= 0.6 is 0 Å². The van der Waals surface area contributed by atoms with E-state index in [2.05, 4.69) is 10.6 Å². The number of hydrogen-bond acceptors (Lipinski definition) is 6. The third-order valence-corrected chi connectivity index (χ3v) is 4.74. The van der Waals surface area contributed by atoms with Crippen molar-refractivity contribution in [1.82, 2.24) is 15.5 Å². The summed E-state index contributed by atoms with van der Waals surface area (Å²) < 4.78 is 16.2. The number of methoxy groups -OCH3 is 1. The van der Waals surface area contributed by atoms with Crippen molar-refractivity contribution >= 4 is 17.9 Å². The SMILES string of the molecule is CCOc1cc(C2NC(=O)NC(C)=C2C(=O)OC)ccc1OCC(=O)N(CC)CC. The second-order valence-corrected chi connectivity index (χ2v) is 6.56. The van der Waals surface area contributed by atoms with Crippen LogP contribution in [-0.4, -0.2) is 56.2 Å². The highest BCUT2D eigenvalue weighted by Gasteiger charge is 2.32. The second kappa shape index (κ2) is 10.5. The van der Waals surface area contributed by atoms with Gasteiger partial charge in [-0.05, 0) is 45.4 Å². The number of carbonyl (C=O) groups is 3. The molecule has 1 atom stereocenters. The van der Waals surface area contributed by atoms with Crippen LogP contribution in [0, 0.1) is 0 Å². The lowest BCUT2D eigenvalue weighted by molar-refractivity contribution is -0.136. The molecule has 1 unspecified atom stereocenters. The fourth-order valence-electron chi connectivity index (χ4n) is 3.22. The maximum Gasteiger partial charge on any atom is 0.337 e. The van der Waals surface area contributed by atoms with Crippen molar-refractivity contribution in [2.45, 2.75) is 33.7 Å². The summed E-state index contributed by atoms with van der Waals surface area (Å²) in [6.45, 7) is 8.75. The maximum atomic E-state index is 12.3. The minimum Gasteiger partial charge on any atom is -0.490 e. The predicted octanol–water partition coefficient (Wildman–Crippen LogP) is 2.13. The molecule has 1 heterocycles. The Hall–Kier alpha value is -3.23. The number of amides is 3. The Morgan fingerprint density at radius 2 is 1.80 bits per heavy atom. The highest BCUT2D eigenvalue weighted by atomic mass is 16.5. The first-order valence-electron chi connectivity index (χ1n) is 9.90. The lowest BCUT2D eigenvalue weighted by atomic mass is 9.95. The van der Waals surface area contributed by atoms with Crippen LogP contribution < -0.4 is 20.1 Å². The summed E-state index contributed by atoms with van der Waals surface area (Å²) in [4.78, 5) is 38.2. The number of allylic oxidation sites excluding steroid dienone is 1. The normalized spacial score (nSPS) is 15.8. The van der Waals surface area contributed by atoms with Crippen molar-refractivity contribution in [2.75, 3.05) is 33.4 Å². The molecule has 2 rings (SSSR count). The average molecular weight is 419 g/mol. The Morgan fingerprint density at radius 3 is 2.40 bits per heavy atom. The van der Waals surface area contributed by atoms with Crippen LogP contribution in [0.1, 0.15) is 39.3 Å². The summed E-state index contributed by atoms with van der Waals surface area (Å²) in [6, 6.07) is 3.93. The number of carbonyl (C=O) groups excluding carboxylic acids is 3. The van der Waals surface area contributed by atoms with E-state index < -0.39 is 18.0 Å². The van der Waals surface area contributed by atoms with Crippen molar-refractivity contribution in [1.29, 1.82) is 0 Å². The van der Waals surface area contributed by atoms with Gasteiger partial charge in [0.2, 0.25) is 0 Å². The molecule has 0 aromatic heterocycles. The van der Waals surface area contributed by atoms with Gasteiger partial charge in [-0.3, -0.25) is 4.79 Å². The number of likely N-dealkylation sites (N-methyl/N-ethyl adjacent to an activating group) is 1. The van der Waals surface area contributed by atoms with Crippen LogP contribution in [0.15, 0.2) is 29.5 Å². The molecule has 0 saturated heterocycles. The minimum absolute atomic E-state index is 0.113. The van der Waals surface area contributed by atoms with Crippen LogP contribution in [0.2, 0.25) is 0 Å². The van der Waals surface area contributed by atoms with Gasteiger partial charge in [0.15, 0.2) is 18.1 Å². The largest absolute Gasteiger partial charge is 0.490 e. The summed E-state index contributed by atoms with van der Waals surface area (Å²) in [5.41, 5.74) is 1.33. The summed E-state index contributed by atoms with van der Waals surface area (Å²) in [5, 5.41) is 5.31. The zero-order valence-electron chi connectivity index (χ0n) is 18.0.